The van der Waals surface area contributed by atoms with Gasteiger partial charge in [0.25, 0.3) is 0 Å². The summed E-state index contributed by atoms with van der Waals surface area (Å²) in [5.41, 5.74) is 3.47. The Labute approximate surface area is 162 Å². The highest BCUT2D eigenvalue weighted by molar-refractivity contribution is 6.07. The van der Waals surface area contributed by atoms with Gasteiger partial charge in [0.15, 0.2) is 0 Å². The maximum Gasteiger partial charge on any atom is 0.430 e. The van der Waals surface area contributed by atoms with Gasteiger partial charge in [-0.2, -0.15) is 10.1 Å². The Bertz CT molecular complexity index is 973. The van der Waals surface area contributed by atoms with Gasteiger partial charge in [-0.3, -0.25) is 0 Å². The summed E-state index contributed by atoms with van der Waals surface area (Å²) in [6, 6.07) is 25.5. The van der Waals surface area contributed by atoms with Crippen molar-refractivity contribution in [3.63, 3.8) is 0 Å². The van der Waals surface area contributed by atoms with Crippen LogP contribution in [-0.2, 0) is 11.3 Å². The molecule has 3 aromatic rings. The van der Waals surface area contributed by atoms with Crippen LogP contribution in [0.25, 0.3) is 0 Å². The topological polar surface area (TPSA) is 41.9 Å². The molecule has 0 bridgehead atoms. The molecule has 5 heteroatoms. The van der Waals surface area contributed by atoms with Gasteiger partial charge in [0.1, 0.15) is 12.4 Å². The first-order valence-corrected chi connectivity index (χ1v) is 9.08. The number of benzene rings is 3. The van der Waals surface area contributed by atoms with Crippen molar-refractivity contribution in [2.75, 3.05) is 6.54 Å². The minimum Gasteiger partial charge on any atom is -0.443 e. The quantitative estimate of drug-likeness (QED) is 0.647. The first kappa shape index (κ1) is 17.9. The van der Waals surface area contributed by atoms with Gasteiger partial charge in [-0.1, -0.05) is 72.8 Å². The number of hydrazone groups is 1. The monoisotopic (exact) mass is 374 g/mol. The third kappa shape index (κ3) is 3.93. The molecule has 28 heavy (non-hydrogen) atoms. The van der Waals surface area contributed by atoms with E-state index in [2.05, 4.69) is 5.10 Å². The standard InChI is InChI=1S/C23H19FN2O2/c24-20-13-11-19(12-14-20)22-21(18-9-5-2-6-10-18)15-26(25-22)23(27)28-16-17-7-3-1-4-8-17/h1-14,21H,15-16H2. The van der Waals surface area contributed by atoms with E-state index in [0.717, 1.165) is 22.4 Å². The number of hydrogen-bond acceptors (Lipinski definition) is 3. The lowest BCUT2D eigenvalue weighted by Gasteiger charge is -2.15. The van der Waals surface area contributed by atoms with Crippen LogP contribution in [0.5, 0.6) is 0 Å². The molecule has 1 amide bonds. The van der Waals surface area contributed by atoms with Crippen molar-refractivity contribution in [1.29, 1.82) is 0 Å². The minimum atomic E-state index is -0.498. The predicted molar refractivity (Wildman–Crippen MR) is 105 cm³/mol. The van der Waals surface area contributed by atoms with Crippen LogP contribution in [0.4, 0.5) is 9.18 Å². The van der Waals surface area contributed by atoms with E-state index in [1.54, 1.807) is 12.1 Å². The highest BCUT2D eigenvalue weighted by Gasteiger charge is 2.33. The maximum absolute atomic E-state index is 13.3. The molecule has 1 atom stereocenters. The molecular formula is C23H19FN2O2. The second-order valence-corrected chi connectivity index (χ2v) is 6.58. The van der Waals surface area contributed by atoms with Gasteiger partial charge < -0.3 is 4.74 Å². The molecule has 1 aliphatic heterocycles. The largest absolute Gasteiger partial charge is 0.443 e. The van der Waals surface area contributed by atoms with Crippen molar-refractivity contribution in [3.05, 3.63) is 107 Å². The lowest BCUT2D eigenvalue weighted by Crippen LogP contribution is -2.26. The third-order valence-electron chi connectivity index (χ3n) is 4.67. The second-order valence-electron chi connectivity index (χ2n) is 6.58. The zero-order chi connectivity index (χ0) is 19.3. The molecule has 0 aromatic heterocycles. The molecule has 4 rings (SSSR count). The molecule has 1 unspecified atom stereocenters. The van der Waals surface area contributed by atoms with Crippen molar-refractivity contribution < 1.29 is 13.9 Å². The summed E-state index contributed by atoms with van der Waals surface area (Å²) in [5.74, 6) is -0.409. The van der Waals surface area contributed by atoms with Crippen molar-refractivity contribution in [3.8, 4) is 0 Å². The Hall–Kier alpha value is -3.47. The van der Waals surface area contributed by atoms with E-state index in [1.807, 2.05) is 60.7 Å². The Balaban J connectivity index is 1.56. The van der Waals surface area contributed by atoms with Crippen LogP contribution in [0.15, 0.2) is 90.0 Å². The first-order chi connectivity index (χ1) is 13.7. The maximum atomic E-state index is 13.3. The number of rotatable bonds is 4. The first-order valence-electron chi connectivity index (χ1n) is 9.08. The number of carbonyl (C=O) groups excluding carboxylic acids is 1. The summed E-state index contributed by atoms with van der Waals surface area (Å²) in [4.78, 5) is 12.6. The molecule has 0 saturated carbocycles. The molecule has 0 fully saturated rings. The number of ether oxygens (including phenoxy) is 1. The number of hydrogen-bond donors (Lipinski definition) is 0. The highest BCUT2D eigenvalue weighted by Crippen LogP contribution is 2.29. The number of halogens is 1. The number of nitrogens with zero attached hydrogens (tertiary/aromatic N) is 2. The summed E-state index contributed by atoms with van der Waals surface area (Å²) < 4.78 is 18.8. The summed E-state index contributed by atoms with van der Waals surface area (Å²) in [6.45, 7) is 0.567. The molecule has 0 N–H and O–H groups in total. The van der Waals surface area contributed by atoms with Crippen LogP contribution < -0.4 is 0 Å². The van der Waals surface area contributed by atoms with Crippen LogP contribution >= 0.6 is 0 Å². The summed E-state index contributed by atoms with van der Waals surface area (Å²) in [7, 11) is 0. The molecule has 3 aromatic carbocycles. The van der Waals surface area contributed by atoms with Gasteiger partial charge >= 0.3 is 6.09 Å². The molecular weight excluding hydrogens is 355 g/mol. The van der Waals surface area contributed by atoms with Crippen molar-refractivity contribution >= 4 is 11.8 Å². The minimum absolute atomic E-state index is 0.101. The molecule has 0 aliphatic carbocycles. The Morgan fingerprint density at radius 1 is 0.964 bits per heavy atom. The van der Waals surface area contributed by atoms with Gasteiger partial charge in [0, 0.05) is 5.92 Å². The van der Waals surface area contributed by atoms with E-state index in [9.17, 15) is 9.18 Å². The van der Waals surface area contributed by atoms with Gasteiger partial charge in [-0.15, -0.1) is 0 Å². The molecule has 0 spiro atoms. The fraction of sp³-hybridized carbons (Fsp3) is 0.130. The van der Waals surface area contributed by atoms with E-state index >= 15 is 0 Å². The number of amides is 1. The van der Waals surface area contributed by atoms with Gasteiger partial charge in [0.2, 0.25) is 0 Å². The Kier molecular flexibility index (Phi) is 5.15. The average Bonchev–Trinajstić information content (AvgIpc) is 3.19. The van der Waals surface area contributed by atoms with Crippen LogP contribution in [0.1, 0.15) is 22.6 Å². The fourth-order valence-electron chi connectivity index (χ4n) is 3.24. The zero-order valence-corrected chi connectivity index (χ0v) is 15.2. The van der Waals surface area contributed by atoms with Gasteiger partial charge in [-0.25, -0.2) is 9.18 Å². The third-order valence-corrected chi connectivity index (χ3v) is 4.67. The Morgan fingerprint density at radius 2 is 1.61 bits per heavy atom. The lowest BCUT2D eigenvalue weighted by atomic mass is 9.91. The van der Waals surface area contributed by atoms with Crippen LogP contribution in [-0.4, -0.2) is 23.4 Å². The van der Waals surface area contributed by atoms with Crippen molar-refractivity contribution in [2.24, 2.45) is 5.10 Å². The molecule has 140 valence electrons. The highest BCUT2D eigenvalue weighted by atomic mass is 19.1. The van der Waals surface area contributed by atoms with Crippen LogP contribution in [0.2, 0.25) is 0 Å². The Morgan fingerprint density at radius 3 is 2.29 bits per heavy atom. The smallest absolute Gasteiger partial charge is 0.430 e. The van der Waals surface area contributed by atoms with Crippen LogP contribution in [0, 0.1) is 5.82 Å². The van der Waals surface area contributed by atoms with Crippen LogP contribution in [0.3, 0.4) is 0 Å². The molecule has 1 aliphatic rings. The van der Waals surface area contributed by atoms with E-state index in [-0.39, 0.29) is 18.3 Å². The zero-order valence-electron chi connectivity index (χ0n) is 15.2. The van der Waals surface area contributed by atoms with E-state index < -0.39 is 6.09 Å². The van der Waals surface area contributed by atoms with E-state index in [0.29, 0.717) is 6.54 Å². The van der Waals surface area contributed by atoms with E-state index in [4.69, 9.17) is 4.74 Å². The fourth-order valence-corrected chi connectivity index (χ4v) is 3.24. The molecule has 0 radical (unpaired) electrons. The van der Waals surface area contributed by atoms with E-state index in [1.165, 1.54) is 17.1 Å². The summed E-state index contributed by atoms with van der Waals surface area (Å²) in [5, 5.41) is 5.86. The van der Waals surface area contributed by atoms with Crippen molar-refractivity contribution in [1.82, 2.24) is 5.01 Å². The van der Waals surface area contributed by atoms with Gasteiger partial charge in [0.05, 0.1) is 12.3 Å². The average molecular weight is 374 g/mol. The lowest BCUT2D eigenvalue weighted by molar-refractivity contribution is 0.100. The number of carbonyl (C=O) groups is 1. The van der Waals surface area contributed by atoms with Crippen molar-refractivity contribution in [2.45, 2.75) is 12.5 Å². The SMILES string of the molecule is O=C(OCc1ccccc1)N1CC(c2ccccc2)C(c2ccc(F)cc2)=N1. The second kappa shape index (κ2) is 8.05. The molecule has 1 heterocycles. The normalized spacial score (nSPS) is 16.0. The predicted octanol–water partition coefficient (Wildman–Crippen LogP) is 4.97. The summed E-state index contributed by atoms with van der Waals surface area (Å²) in [6.07, 6.45) is -0.498. The van der Waals surface area contributed by atoms with Gasteiger partial charge in [-0.05, 0) is 28.8 Å². The molecule has 4 nitrogen and oxygen atoms in total. The summed E-state index contributed by atoms with van der Waals surface area (Å²) >= 11 is 0. The molecule has 0 saturated heterocycles.